The Labute approximate surface area is 107 Å². The second kappa shape index (κ2) is 5.45. The molecule has 17 heavy (non-hydrogen) atoms. The lowest BCUT2D eigenvalue weighted by molar-refractivity contribution is 0.627. The van der Waals surface area contributed by atoms with Crippen LogP contribution in [0.25, 0.3) is 0 Å². The molecule has 0 unspecified atom stereocenters. The summed E-state index contributed by atoms with van der Waals surface area (Å²) in [6, 6.07) is 5.06. The van der Waals surface area contributed by atoms with Crippen LogP contribution in [0.4, 0.5) is 10.1 Å². The average Bonchev–Trinajstić information content (AvgIpc) is 2.67. The van der Waals surface area contributed by atoms with Crippen molar-refractivity contribution in [3.63, 3.8) is 0 Å². The zero-order chi connectivity index (χ0) is 12.3. The van der Waals surface area contributed by atoms with Crippen LogP contribution in [-0.2, 0) is 6.42 Å². The molecular formula is C13H17FN2S. The van der Waals surface area contributed by atoms with Gasteiger partial charge < -0.3 is 10.6 Å². The molecule has 1 aliphatic rings. The van der Waals surface area contributed by atoms with Crippen LogP contribution < -0.4 is 10.6 Å². The zero-order valence-electron chi connectivity index (χ0n) is 9.79. The molecule has 92 valence electrons. The van der Waals surface area contributed by atoms with E-state index in [2.05, 4.69) is 4.90 Å². The van der Waals surface area contributed by atoms with E-state index in [1.165, 1.54) is 11.6 Å². The quantitative estimate of drug-likeness (QED) is 0.645. The molecule has 0 amide bonds. The number of rotatable bonds is 5. The molecule has 1 aliphatic heterocycles. The van der Waals surface area contributed by atoms with E-state index < -0.39 is 0 Å². The predicted octanol–water partition coefficient (Wildman–Crippen LogP) is 2.64. The van der Waals surface area contributed by atoms with Gasteiger partial charge in [0.25, 0.3) is 0 Å². The Balaban J connectivity index is 1.88. The van der Waals surface area contributed by atoms with Crippen molar-refractivity contribution in [3.8, 4) is 0 Å². The van der Waals surface area contributed by atoms with Crippen LogP contribution >= 0.6 is 12.2 Å². The Kier molecular flexibility index (Phi) is 3.94. The van der Waals surface area contributed by atoms with Gasteiger partial charge >= 0.3 is 0 Å². The van der Waals surface area contributed by atoms with Gasteiger partial charge in [-0.1, -0.05) is 18.3 Å². The summed E-state index contributed by atoms with van der Waals surface area (Å²) in [5.41, 5.74) is 7.76. The molecule has 0 spiro atoms. The highest BCUT2D eigenvalue weighted by Crippen LogP contribution is 2.28. The number of halogens is 1. The SMILES string of the molecule is NC(=S)CCCCN1CCc2ccc(F)cc21. The minimum Gasteiger partial charge on any atom is -0.393 e. The van der Waals surface area contributed by atoms with Crippen LogP contribution in [0.5, 0.6) is 0 Å². The van der Waals surface area contributed by atoms with Crippen LogP contribution in [-0.4, -0.2) is 18.1 Å². The maximum absolute atomic E-state index is 13.2. The third kappa shape index (κ3) is 3.16. The Morgan fingerprint density at radius 1 is 1.41 bits per heavy atom. The van der Waals surface area contributed by atoms with E-state index in [9.17, 15) is 4.39 Å². The van der Waals surface area contributed by atoms with E-state index in [-0.39, 0.29) is 5.82 Å². The summed E-state index contributed by atoms with van der Waals surface area (Å²) in [5, 5.41) is 0. The third-order valence-corrected chi connectivity index (χ3v) is 3.34. The minimum atomic E-state index is -0.154. The third-order valence-electron chi connectivity index (χ3n) is 3.14. The van der Waals surface area contributed by atoms with Gasteiger partial charge in [-0.15, -0.1) is 0 Å². The molecule has 0 aromatic heterocycles. The molecule has 0 bridgehead atoms. The minimum absolute atomic E-state index is 0.154. The van der Waals surface area contributed by atoms with Crippen molar-refractivity contribution in [2.45, 2.75) is 25.7 Å². The van der Waals surface area contributed by atoms with Crippen LogP contribution in [0.2, 0.25) is 0 Å². The summed E-state index contributed by atoms with van der Waals surface area (Å²) in [6.07, 6.45) is 3.88. The van der Waals surface area contributed by atoms with Gasteiger partial charge in [-0.3, -0.25) is 0 Å². The van der Waals surface area contributed by atoms with Gasteiger partial charge in [-0.2, -0.15) is 0 Å². The lowest BCUT2D eigenvalue weighted by atomic mass is 10.1. The average molecular weight is 252 g/mol. The monoisotopic (exact) mass is 252 g/mol. The highest BCUT2D eigenvalue weighted by atomic mass is 32.1. The second-order valence-corrected chi connectivity index (χ2v) is 4.96. The molecule has 2 N–H and O–H groups in total. The van der Waals surface area contributed by atoms with E-state index in [0.717, 1.165) is 44.5 Å². The molecule has 0 aliphatic carbocycles. The highest BCUT2D eigenvalue weighted by molar-refractivity contribution is 7.80. The summed E-state index contributed by atoms with van der Waals surface area (Å²) in [4.78, 5) is 2.83. The Morgan fingerprint density at radius 2 is 2.24 bits per heavy atom. The van der Waals surface area contributed by atoms with Gasteiger partial charge in [0.05, 0.1) is 4.99 Å². The van der Waals surface area contributed by atoms with Gasteiger partial charge in [-0.05, 0) is 43.4 Å². The Hall–Kier alpha value is -1.16. The van der Waals surface area contributed by atoms with Gasteiger partial charge in [0, 0.05) is 18.8 Å². The Bertz CT molecular complexity index is 420. The fourth-order valence-corrected chi connectivity index (χ4v) is 2.40. The molecule has 1 aromatic carbocycles. The first-order chi connectivity index (χ1) is 8.16. The van der Waals surface area contributed by atoms with Crippen molar-refractivity contribution in [1.82, 2.24) is 0 Å². The summed E-state index contributed by atoms with van der Waals surface area (Å²) >= 11 is 4.84. The van der Waals surface area contributed by atoms with Gasteiger partial charge in [0.2, 0.25) is 0 Å². The van der Waals surface area contributed by atoms with Crippen molar-refractivity contribution >= 4 is 22.9 Å². The largest absolute Gasteiger partial charge is 0.393 e. The van der Waals surface area contributed by atoms with Crippen LogP contribution in [0, 0.1) is 5.82 Å². The first-order valence-corrected chi connectivity index (χ1v) is 6.39. The number of unbranched alkanes of at least 4 members (excludes halogenated alkanes) is 1. The van der Waals surface area contributed by atoms with Crippen molar-refractivity contribution in [3.05, 3.63) is 29.6 Å². The van der Waals surface area contributed by atoms with E-state index in [4.69, 9.17) is 18.0 Å². The van der Waals surface area contributed by atoms with Crippen LogP contribution in [0.1, 0.15) is 24.8 Å². The number of benzene rings is 1. The molecule has 0 atom stereocenters. The normalized spacial score (nSPS) is 13.8. The van der Waals surface area contributed by atoms with E-state index in [0.29, 0.717) is 4.99 Å². The van der Waals surface area contributed by atoms with Gasteiger partial charge in [0.15, 0.2) is 0 Å². The number of nitrogens with two attached hydrogens (primary N) is 1. The summed E-state index contributed by atoms with van der Waals surface area (Å²) < 4.78 is 13.2. The zero-order valence-corrected chi connectivity index (χ0v) is 10.6. The Morgan fingerprint density at radius 3 is 3.00 bits per heavy atom. The van der Waals surface area contributed by atoms with E-state index in [1.54, 1.807) is 6.07 Å². The summed E-state index contributed by atoms with van der Waals surface area (Å²) in [7, 11) is 0. The molecule has 0 fully saturated rings. The van der Waals surface area contributed by atoms with E-state index in [1.807, 2.05) is 6.07 Å². The van der Waals surface area contributed by atoms with Crippen molar-refractivity contribution in [2.24, 2.45) is 5.73 Å². The number of hydrogen-bond donors (Lipinski definition) is 1. The molecule has 0 radical (unpaired) electrons. The molecule has 0 saturated heterocycles. The lowest BCUT2D eigenvalue weighted by Crippen LogP contribution is -2.22. The molecule has 2 nitrogen and oxygen atoms in total. The second-order valence-electron chi connectivity index (χ2n) is 4.43. The predicted molar refractivity (Wildman–Crippen MR) is 73.0 cm³/mol. The molecule has 0 saturated carbocycles. The topological polar surface area (TPSA) is 29.3 Å². The molecule has 1 aromatic rings. The molecule has 1 heterocycles. The fourth-order valence-electron chi connectivity index (χ4n) is 2.25. The summed E-state index contributed by atoms with van der Waals surface area (Å²) in [6.45, 7) is 1.95. The number of fused-ring (bicyclic) bond motifs is 1. The van der Waals surface area contributed by atoms with Crippen molar-refractivity contribution in [1.29, 1.82) is 0 Å². The fraction of sp³-hybridized carbons (Fsp3) is 0.462. The first-order valence-electron chi connectivity index (χ1n) is 5.98. The van der Waals surface area contributed by atoms with E-state index >= 15 is 0 Å². The molecule has 2 rings (SSSR count). The number of anilines is 1. The lowest BCUT2D eigenvalue weighted by Gasteiger charge is -2.19. The number of thiocarbonyl (C=S) groups is 1. The van der Waals surface area contributed by atoms with Crippen molar-refractivity contribution < 1.29 is 4.39 Å². The first kappa shape index (κ1) is 12.3. The standard InChI is InChI=1S/C13H17FN2S/c14-11-5-4-10-6-8-16(12(10)9-11)7-2-1-3-13(15)17/h4-5,9H,1-3,6-8H2,(H2,15,17). The molecule has 4 heteroatoms. The highest BCUT2D eigenvalue weighted by Gasteiger charge is 2.18. The van der Waals surface area contributed by atoms with Gasteiger partial charge in [0.1, 0.15) is 5.82 Å². The van der Waals surface area contributed by atoms with Crippen molar-refractivity contribution in [2.75, 3.05) is 18.0 Å². The number of nitrogens with zero attached hydrogens (tertiary/aromatic N) is 1. The molecular weight excluding hydrogens is 235 g/mol. The van der Waals surface area contributed by atoms with Gasteiger partial charge in [-0.25, -0.2) is 4.39 Å². The van der Waals surface area contributed by atoms with Crippen LogP contribution in [0.15, 0.2) is 18.2 Å². The maximum Gasteiger partial charge on any atom is 0.125 e. The summed E-state index contributed by atoms with van der Waals surface area (Å²) in [5.74, 6) is -0.154. The van der Waals surface area contributed by atoms with Crippen LogP contribution in [0.3, 0.4) is 0 Å². The maximum atomic E-state index is 13.2. The number of hydrogen-bond acceptors (Lipinski definition) is 2. The smallest absolute Gasteiger partial charge is 0.125 e.